The molecule has 3 aromatic heterocycles. The molecule has 0 amide bonds. The van der Waals surface area contributed by atoms with E-state index in [9.17, 15) is 22.4 Å². The van der Waals surface area contributed by atoms with Gasteiger partial charge in [0.25, 0.3) is 15.6 Å². The Balaban J connectivity index is 1.46. The molecule has 206 valence electrons. The normalized spacial score (nSPS) is 11.7. The standard InChI is InChI=1S/C27H26FN7O4S/c1-2-3-15-34-24-23(25(36)35(27(34)37)17-19-7-4-5-8-21(19)28)31-22(32-24)16-18-9-11-20(12-10-18)40(38,39)33-26-29-13-6-14-30-26/h4-14H,2-3,15-17H2,1H3,(H,31,32)(H,29,30,33). The molecule has 0 aliphatic heterocycles. The zero-order valence-corrected chi connectivity index (χ0v) is 22.4. The molecule has 0 fully saturated rings. The largest absolute Gasteiger partial charge is 0.336 e. The van der Waals surface area contributed by atoms with E-state index >= 15 is 0 Å². The summed E-state index contributed by atoms with van der Waals surface area (Å²) >= 11 is 0. The summed E-state index contributed by atoms with van der Waals surface area (Å²) in [6, 6.07) is 13.7. The molecule has 0 saturated heterocycles. The quantitative estimate of drug-likeness (QED) is 0.266. The Morgan fingerprint density at radius 3 is 2.40 bits per heavy atom. The van der Waals surface area contributed by atoms with Crippen LogP contribution in [0.4, 0.5) is 10.3 Å². The molecule has 0 aliphatic carbocycles. The van der Waals surface area contributed by atoms with Crippen LogP contribution < -0.4 is 16.0 Å². The topological polar surface area (TPSA) is 145 Å². The van der Waals surface area contributed by atoms with Crippen molar-refractivity contribution in [1.82, 2.24) is 29.1 Å². The molecule has 5 rings (SSSR count). The second-order valence-corrected chi connectivity index (χ2v) is 10.8. The van der Waals surface area contributed by atoms with Crippen molar-refractivity contribution in [1.29, 1.82) is 0 Å². The minimum absolute atomic E-state index is 0.0257. The third kappa shape index (κ3) is 5.54. The van der Waals surface area contributed by atoms with Crippen LogP contribution in [0.2, 0.25) is 0 Å². The number of H-pyrrole nitrogens is 1. The Labute approximate surface area is 228 Å². The number of fused-ring (bicyclic) bond motifs is 1. The maximum atomic E-state index is 14.3. The highest BCUT2D eigenvalue weighted by Crippen LogP contribution is 2.17. The van der Waals surface area contributed by atoms with Gasteiger partial charge in [0.1, 0.15) is 17.2 Å². The van der Waals surface area contributed by atoms with Gasteiger partial charge in [-0.25, -0.2) is 37.3 Å². The maximum absolute atomic E-state index is 14.3. The molecule has 13 heteroatoms. The Hall–Kier alpha value is -4.65. The van der Waals surface area contributed by atoms with E-state index in [4.69, 9.17) is 0 Å². The number of hydrogen-bond donors (Lipinski definition) is 2. The van der Waals surface area contributed by atoms with Crippen LogP contribution in [0.3, 0.4) is 0 Å². The highest BCUT2D eigenvalue weighted by atomic mass is 32.2. The van der Waals surface area contributed by atoms with Crippen molar-refractivity contribution in [2.24, 2.45) is 0 Å². The smallest absolute Gasteiger partial charge is 0.333 e. The van der Waals surface area contributed by atoms with E-state index in [2.05, 4.69) is 24.7 Å². The summed E-state index contributed by atoms with van der Waals surface area (Å²) in [5, 5.41) is 0. The van der Waals surface area contributed by atoms with Crippen LogP contribution in [0.15, 0.2) is 81.5 Å². The number of unbranched alkanes of at least 4 members (excludes halogenated alkanes) is 1. The van der Waals surface area contributed by atoms with Crippen LogP contribution >= 0.6 is 0 Å². The molecule has 0 unspecified atom stereocenters. The number of nitrogens with one attached hydrogen (secondary N) is 2. The van der Waals surface area contributed by atoms with Gasteiger partial charge in [-0.1, -0.05) is 43.7 Å². The lowest BCUT2D eigenvalue weighted by Crippen LogP contribution is -2.40. The summed E-state index contributed by atoms with van der Waals surface area (Å²) in [5.74, 6) is -0.119. The number of aryl methyl sites for hydroxylation is 1. The fourth-order valence-electron chi connectivity index (χ4n) is 4.26. The number of halogens is 1. The molecular weight excluding hydrogens is 537 g/mol. The van der Waals surface area contributed by atoms with E-state index in [-0.39, 0.29) is 40.5 Å². The van der Waals surface area contributed by atoms with Gasteiger partial charge < -0.3 is 4.98 Å². The molecule has 0 bridgehead atoms. The summed E-state index contributed by atoms with van der Waals surface area (Å²) in [4.78, 5) is 42.0. The van der Waals surface area contributed by atoms with Crippen molar-refractivity contribution in [3.05, 3.63) is 111 Å². The average Bonchev–Trinajstić information content (AvgIpc) is 3.36. The summed E-state index contributed by atoms with van der Waals surface area (Å²) in [6.07, 6.45) is 4.61. The molecule has 0 atom stereocenters. The van der Waals surface area contributed by atoms with Crippen LogP contribution in [-0.2, 0) is 29.5 Å². The molecule has 40 heavy (non-hydrogen) atoms. The Morgan fingerprint density at radius 2 is 1.70 bits per heavy atom. The number of benzene rings is 2. The lowest BCUT2D eigenvalue weighted by Gasteiger charge is -2.11. The number of aromatic nitrogens is 6. The second-order valence-electron chi connectivity index (χ2n) is 9.15. The molecule has 0 aliphatic rings. The summed E-state index contributed by atoms with van der Waals surface area (Å²) in [7, 11) is -3.89. The van der Waals surface area contributed by atoms with Crippen LogP contribution in [-0.4, -0.2) is 37.5 Å². The minimum atomic E-state index is -3.89. The van der Waals surface area contributed by atoms with Crippen molar-refractivity contribution in [3.8, 4) is 0 Å². The molecule has 3 heterocycles. The Kier molecular flexibility index (Phi) is 7.56. The average molecular weight is 564 g/mol. The highest BCUT2D eigenvalue weighted by molar-refractivity contribution is 7.92. The van der Waals surface area contributed by atoms with Crippen LogP contribution in [0.1, 0.15) is 36.7 Å². The second kappa shape index (κ2) is 11.2. The van der Waals surface area contributed by atoms with Crippen molar-refractivity contribution in [2.45, 2.75) is 44.2 Å². The fraction of sp³-hybridized carbons (Fsp3) is 0.222. The predicted octanol–water partition coefficient (Wildman–Crippen LogP) is 3.06. The number of nitrogens with zero attached hydrogens (tertiary/aromatic N) is 5. The van der Waals surface area contributed by atoms with E-state index in [1.54, 1.807) is 30.3 Å². The maximum Gasteiger partial charge on any atom is 0.333 e. The summed E-state index contributed by atoms with van der Waals surface area (Å²) in [6.45, 7) is 2.12. The fourth-order valence-corrected chi connectivity index (χ4v) is 5.22. The van der Waals surface area contributed by atoms with Gasteiger partial charge in [0.15, 0.2) is 5.65 Å². The molecular formula is C27H26FN7O4S. The third-order valence-corrected chi connectivity index (χ3v) is 7.67. The molecule has 0 spiro atoms. The van der Waals surface area contributed by atoms with Gasteiger partial charge in [-0.3, -0.25) is 13.9 Å². The van der Waals surface area contributed by atoms with E-state index in [1.165, 1.54) is 41.2 Å². The van der Waals surface area contributed by atoms with E-state index in [1.807, 2.05) is 6.92 Å². The van der Waals surface area contributed by atoms with Gasteiger partial charge in [0.05, 0.1) is 11.4 Å². The number of sulfonamides is 1. The van der Waals surface area contributed by atoms with Gasteiger partial charge in [-0.05, 0) is 36.2 Å². The zero-order valence-electron chi connectivity index (χ0n) is 21.5. The molecule has 0 saturated carbocycles. The Morgan fingerprint density at radius 1 is 0.975 bits per heavy atom. The number of rotatable bonds is 10. The van der Waals surface area contributed by atoms with Crippen LogP contribution in [0.5, 0.6) is 0 Å². The van der Waals surface area contributed by atoms with Gasteiger partial charge in [0.2, 0.25) is 5.95 Å². The summed E-state index contributed by atoms with van der Waals surface area (Å²) < 4.78 is 44.4. The van der Waals surface area contributed by atoms with E-state index in [0.717, 1.165) is 16.6 Å². The number of hydrogen-bond acceptors (Lipinski definition) is 7. The monoisotopic (exact) mass is 563 g/mol. The first-order valence-electron chi connectivity index (χ1n) is 12.6. The van der Waals surface area contributed by atoms with E-state index in [0.29, 0.717) is 18.8 Å². The molecule has 5 aromatic rings. The first-order chi connectivity index (χ1) is 19.3. The number of imidazole rings is 1. The molecule has 2 N–H and O–H groups in total. The lowest BCUT2D eigenvalue weighted by molar-refractivity contribution is 0.553. The van der Waals surface area contributed by atoms with Crippen molar-refractivity contribution in [2.75, 3.05) is 4.72 Å². The third-order valence-electron chi connectivity index (χ3n) is 6.33. The molecule has 0 radical (unpaired) electrons. The van der Waals surface area contributed by atoms with Crippen molar-refractivity contribution < 1.29 is 12.8 Å². The van der Waals surface area contributed by atoms with Gasteiger partial charge in [-0.2, -0.15) is 0 Å². The van der Waals surface area contributed by atoms with Gasteiger partial charge in [0, 0.05) is 30.9 Å². The zero-order chi connectivity index (χ0) is 28.3. The lowest BCUT2D eigenvalue weighted by atomic mass is 10.1. The first kappa shape index (κ1) is 26.9. The first-order valence-corrected chi connectivity index (χ1v) is 14.1. The van der Waals surface area contributed by atoms with Crippen molar-refractivity contribution >= 4 is 27.1 Å². The SMILES string of the molecule is CCCCn1c(=O)n(Cc2ccccc2F)c(=O)c2[nH]c(Cc3ccc(S(=O)(=O)Nc4ncccn4)cc3)nc21. The highest BCUT2D eigenvalue weighted by Gasteiger charge is 2.19. The minimum Gasteiger partial charge on any atom is -0.336 e. The van der Waals surface area contributed by atoms with Gasteiger partial charge >= 0.3 is 5.69 Å². The Bertz CT molecular complexity index is 1880. The number of aromatic amines is 1. The van der Waals surface area contributed by atoms with Crippen LogP contribution in [0, 0.1) is 5.82 Å². The van der Waals surface area contributed by atoms with Crippen molar-refractivity contribution in [3.63, 3.8) is 0 Å². The van der Waals surface area contributed by atoms with Crippen LogP contribution in [0.25, 0.3) is 11.2 Å². The molecule has 11 nitrogen and oxygen atoms in total. The molecule has 2 aromatic carbocycles. The van der Waals surface area contributed by atoms with E-state index < -0.39 is 27.1 Å². The predicted molar refractivity (Wildman–Crippen MR) is 147 cm³/mol. The van der Waals surface area contributed by atoms with Gasteiger partial charge in [-0.15, -0.1) is 0 Å². The number of anilines is 1. The summed E-state index contributed by atoms with van der Waals surface area (Å²) in [5.41, 5.74) is 0.180.